The summed E-state index contributed by atoms with van der Waals surface area (Å²) in [5.41, 5.74) is 11.0. The number of nitrogens with one attached hydrogen (secondary N) is 1. The third-order valence-corrected chi connectivity index (χ3v) is 5.43. The SMILES string of the molecule is CN(C)c1ccc(-n2c(N)c(C(=O)Nc3cccc(F)c3)c3nc4ccccc4nc32)cc1. The number of amides is 1. The molecule has 0 aliphatic rings. The number of nitrogens with two attached hydrogens (primary N) is 1. The normalized spacial score (nSPS) is 11.1. The zero-order chi connectivity index (χ0) is 23.1. The lowest BCUT2D eigenvalue weighted by Crippen LogP contribution is -2.14. The van der Waals surface area contributed by atoms with Crippen molar-refractivity contribution in [2.75, 3.05) is 30.0 Å². The second-order valence-electron chi connectivity index (χ2n) is 7.86. The molecule has 8 heteroatoms. The van der Waals surface area contributed by atoms with E-state index in [1.54, 1.807) is 10.6 Å². The number of hydrogen-bond acceptors (Lipinski definition) is 5. The number of aromatic nitrogens is 3. The second kappa shape index (κ2) is 7.90. The van der Waals surface area contributed by atoms with Gasteiger partial charge in [-0.15, -0.1) is 0 Å². The Morgan fingerprint density at radius 3 is 2.33 bits per heavy atom. The Labute approximate surface area is 189 Å². The fraction of sp³-hybridized carbons (Fsp3) is 0.0800. The van der Waals surface area contributed by atoms with Crippen molar-refractivity contribution in [3.63, 3.8) is 0 Å². The summed E-state index contributed by atoms with van der Waals surface area (Å²) in [6.07, 6.45) is 0. The molecule has 164 valence electrons. The molecular weight excluding hydrogens is 419 g/mol. The minimum absolute atomic E-state index is 0.184. The summed E-state index contributed by atoms with van der Waals surface area (Å²) in [5, 5.41) is 2.72. The Morgan fingerprint density at radius 1 is 0.970 bits per heavy atom. The number of para-hydroxylation sites is 2. The van der Waals surface area contributed by atoms with Crippen LogP contribution in [0.15, 0.2) is 72.8 Å². The van der Waals surface area contributed by atoms with Crippen LogP contribution in [0.4, 0.5) is 21.6 Å². The molecule has 5 aromatic rings. The van der Waals surface area contributed by atoms with Crippen LogP contribution in [0.25, 0.3) is 27.9 Å². The van der Waals surface area contributed by atoms with Gasteiger partial charge in [0, 0.05) is 31.2 Å². The Morgan fingerprint density at radius 2 is 1.67 bits per heavy atom. The summed E-state index contributed by atoms with van der Waals surface area (Å²) in [4.78, 5) is 24.7. The van der Waals surface area contributed by atoms with E-state index in [4.69, 9.17) is 15.7 Å². The molecule has 33 heavy (non-hydrogen) atoms. The van der Waals surface area contributed by atoms with Crippen LogP contribution in [-0.4, -0.2) is 34.5 Å². The summed E-state index contributed by atoms with van der Waals surface area (Å²) < 4.78 is 15.4. The first-order valence-corrected chi connectivity index (χ1v) is 10.3. The predicted molar refractivity (Wildman–Crippen MR) is 129 cm³/mol. The highest BCUT2D eigenvalue weighted by atomic mass is 19.1. The largest absolute Gasteiger partial charge is 0.384 e. The van der Waals surface area contributed by atoms with Gasteiger partial charge in [-0.3, -0.25) is 9.36 Å². The molecular formula is C25H21FN6O. The minimum atomic E-state index is -0.489. The Bertz CT molecular complexity index is 1510. The lowest BCUT2D eigenvalue weighted by atomic mass is 10.2. The lowest BCUT2D eigenvalue weighted by Gasteiger charge is -2.14. The van der Waals surface area contributed by atoms with E-state index in [2.05, 4.69) is 5.32 Å². The second-order valence-corrected chi connectivity index (χ2v) is 7.86. The van der Waals surface area contributed by atoms with Gasteiger partial charge in [0.2, 0.25) is 0 Å². The van der Waals surface area contributed by atoms with Crippen LogP contribution in [0.3, 0.4) is 0 Å². The molecule has 2 heterocycles. The maximum absolute atomic E-state index is 13.6. The number of anilines is 3. The number of rotatable bonds is 4. The molecule has 0 spiro atoms. The number of nitrogen functional groups attached to an aromatic ring is 1. The highest BCUT2D eigenvalue weighted by molar-refractivity contribution is 6.16. The number of nitrogens with zero attached hydrogens (tertiary/aromatic N) is 4. The molecule has 0 aliphatic heterocycles. The van der Waals surface area contributed by atoms with E-state index in [-0.39, 0.29) is 11.4 Å². The topological polar surface area (TPSA) is 89.1 Å². The van der Waals surface area contributed by atoms with Gasteiger partial charge in [-0.1, -0.05) is 18.2 Å². The molecule has 3 aromatic carbocycles. The Balaban J connectivity index is 1.72. The first kappa shape index (κ1) is 20.4. The molecule has 7 nitrogen and oxygen atoms in total. The van der Waals surface area contributed by atoms with Crippen molar-refractivity contribution in [2.45, 2.75) is 0 Å². The molecule has 0 unspecified atom stereocenters. The summed E-state index contributed by atoms with van der Waals surface area (Å²) >= 11 is 0. The molecule has 0 atom stereocenters. The van der Waals surface area contributed by atoms with E-state index >= 15 is 0 Å². The highest BCUT2D eigenvalue weighted by Gasteiger charge is 2.25. The average Bonchev–Trinajstić information content (AvgIpc) is 3.08. The van der Waals surface area contributed by atoms with Crippen molar-refractivity contribution in [1.29, 1.82) is 0 Å². The molecule has 0 fully saturated rings. The van der Waals surface area contributed by atoms with Crippen molar-refractivity contribution in [3.8, 4) is 5.69 Å². The van der Waals surface area contributed by atoms with Gasteiger partial charge in [-0.05, 0) is 54.6 Å². The highest BCUT2D eigenvalue weighted by Crippen LogP contribution is 2.32. The van der Waals surface area contributed by atoms with Crippen molar-refractivity contribution >= 4 is 45.3 Å². The molecule has 2 aromatic heterocycles. The van der Waals surface area contributed by atoms with Gasteiger partial charge < -0.3 is 16.0 Å². The summed E-state index contributed by atoms with van der Waals surface area (Å²) in [6, 6.07) is 20.9. The Hall–Kier alpha value is -4.46. The average molecular weight is 440 g/mol. The smallest absolute Gasteiger partial charge is 0.261 e. The monoisotopic (exact) mass is 440 g/mol. The quantitative estimate of drug-likeness (QED) is 0.426. The van der Waals surface area contributed by atoms with Gasteiger partial charge >= 0.3 is 0 Å². The molecule has 3 N–H and O–H groups in total. The fourth-order valence-electron chi connectivity index (χ4n) is 3.81. The van der Waals surface area contributed by atoms with Gasteiger partial charge in [0.1, 0.15) is 22.7 Å². The zero-order valence-electron chi connectivity index (χ0n) is 18.1. The standard InChI is InChI=1S/C25H21FN6O/c1-31(2)17-10-12-18(13-11-17)32-23(27)21(25(33)28-16-7-5-6-15(26)14-16)22-24(32)30-20-9-4-3-8-19(20)29-22/h3-14H,27H2,1-2H3,(H,28,33). The molecule has 0 bridgehead atoms. The van der Waals surface area contributed by atoms with Gasteiger partial charge in [-0.2, -0.15) is 0 Å². The number of carbonyl (C=O) groups is 1. The van der Waals surface area contributed by atoms with Crippen LogP contribution < -0.4 is 16.0 Å². The third-order valence-electron chi connectivity index (χ3n) is 5.43. The fourth-order valence-corrected chi connectivity index (χ4v) is 3.81. The number of benzene rings is 3. The summed E-state index contributed by atoms with van der Waals surface area (Å²) in [7, 11) is 3.92. The summed E-state index contributed by atoms with van der Waals surface area (Å²) in [6.45, 7) is 0. The van der Waals surface area contributed by atoms with E-state index in [1.807, 2.05) is 67.5 Å². The van der Waals surface area contributed by atoms with E-state index in [0.29, 0.717) is 27.9 Å². The maximum Gasteiger partial charge on any atom is 0.261 e. The van der Waals surface area contributed by atoms with Crippen LogP contribution in [0, 0.1) is 5.82 Å². The van der Waals surface area contributed by atoms with Gasteiger partial charge in [0.05, 0.1) is 11.0 Å². The van der Waals surface area contributed by atoms with Gasteiger partial charge in [0.15, 0.2) is 5.65 Å². The number of halogens is 1. The van der Waals surface area contributed by atoms with Crippen LogP contribution in [0.2, 0.25) is 0 Å². The van der Waals surface area contributed by atoms with Crippen LogP contribution >= 0.6 is 0 Å². The van der Waals surface area contributed by atoms with Crippen LogP contribution in [0.1, 0.15) is 10.4 Å². The van der Waals surface area contributed by atoms with Crippen molar-refractivity contribution < 1.29 is 9.18 Å². The van der Waals surface area contributed by atoms with E-state index in [9.17, 15) is 9.18 Å². The van der Waals surface area contributed by atoms with E-state index in [0.717, 1.165) is 11.4 Å². The minimum Gasteiger partial charge on any atom is -0.384 e. The predicted octanol–water partition coefficient (Wildman–Crippen LogP) is 4.61. The number of hydrogen-bond donors (Lipinski definition) is 2. The first-order chi connectivity index (χ1) is 15.9. The summed E-state index contributed by atoms with van der Waals surface area (Å²) in [5.74, 6) is -0.738. The molecule has 0 radical (unpaired) electrons. The van der Waals surface area contributed by atoms with Gasteiger partial charge in [0.25, 0.3) is 5.91 Å². The van der Waals surface area contributed by atoms with Crippen molar-refractivity contribution in [3.05, 3.63) is 84.2 Å². The van der Waals surface area contributed by atoms with Crippen LogP contribution in [0.5, 0.6) is 0 Å². The van der Waals surface area contributed by atoms with E-state index in [1.165, 1.54) is 18.2 Å². The zero-order valence-corrected chi connectivity index (χ0v) is 18.1. The maximum atomic E-state index is 13.6. The van der Waals surface area contributed by atoms with Crippen molar-refractivity contribution in [2.24, 2.45) is 0 Å². The van der Waals surface area contributed by atoms with Gasteiger partial charge in [-0.25, -0.2) is 14.4 Å². The Kier molecular flexibility index (Phi) is 4.90. The van der Waals surface area contributed by atoms with Crippen molar-refractivity contribution in [1.82, 2.24) is 14.5 Å². The number of carbonyl (C=O) groups excluding carboxylic acids is 1. The molecule has 0 saturated carbocycles. The number of fused-ring (bicyclic) bond motifs is 2. The third kappa shape index (κ3) is 3.61. The molecule has 1 amide bonds. The van der Waals surface area contributed by atoms with Crippen LogP contribution in [-0.2, 0) is 0 Å². The lowest BCUT2D eigenvalue weighted by molar-refractivity contribution is 0.102. The molecule has 5 rings (SSSR count). The van der Waals surface area contributed by atoms with E-state index < -0.39 is 11.7 Å². The molecule has 0 saturated heterocycles. The molecule has 0 aliphatic carbocycles. The first-order valence-electron chi connectivity index (χ1n) is 10.3.